The van der Waals surface area contributed by atoms with Gasteiger partial charge in [0.1, 0.15) is 0 Å². The topological polar surface area (TPSA) is 70.9 Å². The van der Waals surface area contributed by atoms with Crippen molar-refractivity contribution in [3.8, 4) is 0 Å². The number of aromatic amines is 1. The molecule has 4 nitrogen and oxygen atoms in total. The highest BCUT2D eigenvalue weighted by Crippen LogP contribution is 2.33. The summed E-state index contributed by atoms with van der Waals surface area (Å²) in [5.74, 6) is 0.793. The van der Waals surface area contributed by atoms with Crippen LogP contribution in [0.2, 0.25) is 0 Å². The number of hydrogen-bond donors (Lipinski definition) is 3. The molecule has 0 bridgehead atoms. The molecule has 1 saturated heterocycles. The van der Waals surface area contributed by atoms with Gasteiger partial charge in [-0.05, 0) is 42.6 Å². The Labute approximate surface area is 118 Å². The number of benzene rings is 1. The molecule has 2 aromatic rings. The number of nitrogens with two attached hydrogens (primary N) is 1. The molecule has 2 heterocycles. The average molecular weight is 280 g/mol. The van der Waals surface area contributed by atoms with Crippen LogP contribution in [0.3, 0.4) is 0 Å². The Morgan fingerprint density at radius 2 is 2.11 bits per heavy atom. The van der Waals surface area contributed by atoms with E-state index < -0.39 is 0 Å². The molecular formula is C14H18ClN3O. The van der Waals surface area contributed by atoms with Crippen LogP contribution in [0.1, 0.15) is 28.8 Å². The summed E-state index contributed by atoms with van der Waals surface area (Å²) >= 11 is 0. The van der Waals surface area contributed by atoms with Crippen LogP contribution in [-0.4, -0.2) is 24.0 Å². The van der Waals surface area contributed by atoms with E-state index >= 15 is 0 Å². The lowest BCUT2D eigenvalue weighted by Crippen LogP contribution is -2.44. The summed E-state index contributed by atoms with van der Waals surface area (Å²) in [5, 5.41) is 4.42. The van der Waals surface area contributed by atoms with Gasteiger partial charge in [-0.25, -0.2) is 0 Å². The zero-order chi connectivity index (χ0) is 12.7. The largest absolute Gasteiger partial charge is 0.366 e. The Hall–Kier alpha value is -1.52. The number of halogens is 1. The van der Waals surface area contributed by atoms with Crippen molar-refractivity contribution < 1.29 is 4.79 Å². The van der Waals surface area contributed by atoms with Crippen molar-refractivity contribution >= 4 is 29.2 Å². The number of aromatic nitrogens is 1. The molecule has 1 aliphatic heterocycles. The zero-order valence-electron chi connectivity index (χ0n) is 10.8. The fourth-order valence-electron chi connectivity index (χ4n) is 2.70. The molecule has 102 valence electrons. The van der Waals surface area contributed by atoms with Gasteiger partial charge in [-0.1, -0.05) is 13.0 Å². The predicted molar refractivity (Wildman–Crippen MR) is 78.8 cm³/mol. The maximum absolute atomic E-state index is 11.4. The summed E-state index contributed by atoms with van der Waals surface area (Å²) in [6.07, 6.45) is 1.87. The molecule has 3 rings (SSSR count). The molecule has 1 unspecified atom stereocenters. The van der Waals surface area contributed by atoms with Crippen LogP contribution in [-0.2, 0) is 0 Å². The second kappa shape index (κ2) is 5.23. The van der Waals surface area contributed by atoms with Gasteiger partial charge in [-0.2, -0.15) is 0 Å². The minimum absolute atomic E-state index is 0. The number of fused-ring (bicyclic) bond motifs is 1. The lowest BCUT2D eigenvalue weighted by Gasteiger charge is -2.33. The summed E-state index contributed by atoms with van der Waals surface area (Å²) in [4.78, 5) is 14.5. The Morgan fingerprint density at radius 3 is 2.68 bits per heavy atom. The fourth-order valence-corrected chi connectivity index (χ4v) is 2.70. The van der Waals surface area contributed by atoms with Gasteiger partial charge in [0.15, 0.2) is 0 Å². The van der Waals surface area contributed by atoms with Gasteiger partial charge in [-0.15, -0.1) is 12.4 Å². The average Bonchev–Trinajstić information content (AvgIpc) is 2.73. The van der Waals surface area contributed by atoms with Crippen molar-refractivity contribution in [3.05, 3.63) is 35.5 Å². The maximum Gasteiger partial charge on any atom is 0.250 e. The quantitative estimate of drug-likeness (QED) is 0.804. The molecule has 1 aromatic heterocycles. The van der Waals surface area contributed by atoms with E-state index in [4.69, 9.17) is 5.73 Å². The molecule has 4 N–H and O–H groups in total. The summed E-state index contributed by atoms with van der Waals surface area (Å²) in [5.41, 5.74) is 8.12. The Balaban J connectivity index is 0.00000133. The van der Waals surface area contributed by atoms with Crippen LogP contribution in [0.25, 0.3) is 10.9 Å². The number of carbonyl (C=O) groups excluding carboxylic acids is 1. The van der Waals surface area contributed by atoms with Crippen LogP contribution < -0.4 is 11.1 Å². The van der Waals surface area contributed by atoms with E-state index in [1.54, 1.807) is 0 Å². The third kappa shape index (κ3) is 2.22. The van der Waals surface area contributed by atoms with Crippen molar-refractivity contribution in [3.63, 3.8) is 0 Å². The first kappa shape index (κ1) is 13.9. The maximum atomic E-state index is 11.4. The fraction of sp³-hybridized carbons (Fsp3) is 0.357. The van der Waals surface area contributed by atoms with E-state index in [1.165, 1.54) is 5.56 Å². The van der Waals surface area contributed by atoms with Crippen LogP contribution in [0.15, 0.2) is 24.4 Å². The molecule has 1 aromatic carbocycles. The minimum atomic E-state index is -0.382. The Bertz CT molecular complexity index is 604. The predicted octanol–water partition coefficient (Wildman–Crippen LogP) is 2.01. The van der Waals surface area contributed by atoms with Crippen molar-refractivity contribution in [1.82, 2.24) is 10.3 Å². The molecule has 1 aliphatic rings. The van der Waals surface area contributed by atoms with E-state index in [2.05, 4.69) is 17.2 Å². The lowest BCUT2D eigenvalue weighted by atomic mass is 9.82. The van der Waals surface area contributed by atoms with Crippen LogP contribution >= 0.6 is 12.4 Å². The number of H-pyrrole nitrogens is 1. The molecule has 19 heavy (non-hydrogen) atoms. The van der Waals surface area contributed by atoms with E-state index in [0.29, 0.717) is 17.4 Å². The van der Waals surface area contributed by atoms with E-state index in [-0.39, 0.29) is 18.3 Å². The van der Waals surface area contributed by atoms with E-state index in [0.717, 1.165) is 24.0 Å². The summed E-state index contributed by atoms with van der Waals surface area (Å²) in [6, 6.07) is 5.90. The Kier molecular flexibility index (Phi) is 3.83. The first-order chi connectivity index (χ1) is 8.68. The summed E-state index contributed by atoms with van der Waals surface area (Å²) < 4.78 is 0. The molecule has 1 fully saturated rings. The summed E-state index contributed by atoms with van der Waals surface area (Å²) in [6.45, 7) is 4.40. The standard InChI is InChI=1S/C14H17N3O.ClH/c1-8(9-6-16-7-9)10-2-3-12(14(15)18)13-11(10)4-5-17-13;/h2-5,8-9,16-17H,6-7H2,1H3,(H2,15,18);1H. The van der Waals surface area contributed by atoms with Gasteiger partial charge in [0.05, 0.1) is 11.1 Å². The number of rotatable bonds is 3. The first-order valence-corrected chi connectivity index (χ1v) is 6.29. The van der Waals surface area contributed by atoms with E-state index in [1.807, 2.05) is 24.4 Å². The third-order valence-corrected chi connectivity index (χ3v) is 4.03. The third-order valence-electron chi connectivity index (χ3n) is 4.03. The molecule has 0 radical (unpaired) electrons. The van der Waals surface area contributed by atoms with Crippen LogP contribution in [0, 0.1) is 5.92 Å². The molecule has 1 amide bonds. The molecule has 1 atom stereocenters. The SMILES string of the molecule is CC(c1ccc(C(N)=O)c2[nH]ccc12)C1CNC1.Cl. The van der Waals surface area contributed by atoms with Crippen molar-refractivity contribution in [1.29, 1.82) is 0 Å². The molecular weight excluding hydrogens is 262 g/mol. The van der Waals surface area contributed by atoms with Crippen LogP contribution in [0.5, 0.6) is 0 Å². The number of amides is 1. The molecule has 0 spiro atoms. The first-order valence-electron chi connectivity index (χ1n) is 6.29. The van der Waals surface area contributed by atoms with Crippen LogP contribution in [0.4, 0.5) is 0 Å². The van der Waals surface area contributed by atoms with Gasteiger partial charge in [0.2, 0.25) is 0 Å². The zero-order valence-corrected chi connectivity index (χ0v) is 11.6. The van der Waals surface area contributed by atoms with Gasteiger partial charge < -0.3 is 16.0 Å². The second-order valence-electron chi connectivity index (χ2n) is 5.04. The van der Waals surface area contributed by atoms with E-state index in [9.17, 15) is 4.79 Å². The number of carbonyl (C=O) groups is 1. The number of nitrogens with one attached hydrogen (secondary N) is 2. The Morgan fingerprint density at radius 1 is 1.37 bits per heavy atom. The molecule has 0 saturated carbocycles. The van der Waals surface area contributed by atoms with Crippen molar-refractivity contribution in [2.75, 3.05) is 13.1 Å². The van der Waals surface area contributed by atoms with Gasteiger partial charge in [0, 0.05) is 11.6 Å². The highest BCUT2D eigenvalue weighted by Gasteiger charge is 2.26. The van der Waals surface area contributed by atoms with Gasteiger partial charge >= 0.3 is 0 Å². The highest BCUT2D eigenvalue weighted by molar-refractivity contribution is 6.05. The minimum Gasteiger partial charge on any atom is -0.366 e. The lowest BCUT2D eigenvalue weighted by molar-refractivity contribution is 0.100. The summed E-state index contributed by atoms with van der Waals surface area (Å²) in [7, 11) is 0. The molecule has 0 aliphatic carbocycles. The smallest absolute Gasteiger partial charge is 0.250 e. The highest BCUT2D eigenvalue weighted by atomic mass is 35.5. The number of primary amides is 1. The second-order valence-corrected chi connectivity index (χ2v) is 5.04. The number of hydrogen-bond acceptors (Lipinski definition) is 2. The monoisotopic (exact) mass is 279 g/mol. The normalized spacial score (nSPS) is 16.7. The van der Waals surface area contributed by atoms with Crippen molar-refractivity contribution in [2.45, 2.75) is 12.8 Å². The molecule has 5 heteroatoms. The van der Waals surface area contributed by atoms with Crippen molar-refractivity contribution in [2.24, 2.45) is 11.7 Å². The van der Waals surface area contributed by atoms with Gasteiger partial charge in [-0.3, -0.25) is 4.79 Å². The van der Waals surface area contributed by atoms with Gasteiger partial charge in [0.25, 0.3) is 5.91 Å².